The fourth-order valence-corrected chi connectivity index (χ4v) is 1.93. The van der Waals surface area contributed by atoms with Gasteiger partial charge in [0.1, 0.15) is 0 Å². The number of halogens is 3. The molecule has 0 amide bonds. The first kappa shape index (κ1) is 12.7. The largest absolute Gasteiger partial charge is 0.418 e. The van der Waals surface area contributed by atoms with E-state index in [1.807, 2.05) is 0 Å². The molecule has 0 saturated heterocycles. The topological polar surface area (TPSA) is 29.3 Å². The van der Waals surface area contributed by atoms with Crippen molar-refractivity contribution >= 4 is 5.69 Å². The second-order valence-corrected chi connectivity index (χ2v) is 3.92. The number of hydrogen-bond donors (Lipinski definition) is 1. The highest BCUT2D eigenvalue weighted by Crippen LogP contribution is 2.37. The van der Waals surface area contributed by atoms with Crippen LogP contribution >= 0.6 is 0 Å². The first-order valence-electron chi connectivity index (χ1n) is 5.53. The summed E-state index contributed by atoms with van der Waals surface area (Å²) >= 11 is 0. The summed E-state index contributed by atoms with van der Waals surface area (Å²) in [6, 6.07) is 5.53. The van der Waals surface area contributed by atoms with E-state index in [-0.39, 0.29) is 12.2 Å². The Balaban J connectivity index is 2.46. The fraction of sp³-hybridized carbons (Fsp3) is 0.231. The monoisotopic (exact) mass is 254 g/mol. The Morgan fingerprint density at radius 1 is 1.22 bits per heavy atom. The van der Waals surface area contributed by atoms with Crippen LogP contribution in [0.5, 0.6) is 0 Å². The summed E-state index contributed by atoms with van der Waals surface area (Å²) in [4.78, 5) is 1.59. The molecule has 0 aliphatic carbocycles. The lowest BCUT2D eigenvalue weighted by atomic mass is 10.1. The summed E-state index contributed by atoms with van der Waals surface area (Å²) in [6.07, 6.45) is 0.968. The van der Waals surface area contributed by atoms with Gasteiger partial charge in [-0.15, -0.1) is 0 Å². The smallest absolute Gasteiger partial charge is 0.339 e. The standard InChI is InChI=1S/C13H13F3N2/c14-13(15,16)11-6-1-2-7-12(11)18-8-4-3-5-10(18)9-17/h1-7H,8-9,17H2. The van der Waals surface area contributed by atoms with Crippen LogP contribution in [-0.2, 0) is 6.18 Å². The lowest BCUT2D eigenvalue weighted by Crippen LogP contribution is -2.30. The molecule has 0 spiro atoms. The van der Waals surface area contributed by atoms with Crippen LogP contribution in [0.2, 0.25) is 0 Å². The minimum Gasteiger partial charge on any atom is -0.339 e. The first-order chi connectivity index (χ1) is 8.54. The quantitative estimate of drug-likeness (QED) is 0.879. The van der Waals surface area contributed by atoms with Crippen molar-refractivity contribution in [1.82, 2.24) is 0 Å². The van der Waals surface area contributed by atoms with Gasteiger partial charge in [-0.2, -0.15) is 13.2 Å². The highest BCUT2D eigenvalue weighted by molar-refractivity contribution is 5.61. The van der Waals surface area contributed by atoms with Crippen LogP contribution in [0, 0.1) is 0 Å². The molecule has 2 rings (SSSR count). The molecule has 0 bridgehead atoms. The van der Waals surface area contributed by atoms with Crippen molar-refractivity contribution in [2.75, 3.05) is 18.0 Å². The van der Waals surface area contributed by atoms with Gasteiger partial charge in [0, 0.05) is 18.8 Å². The molecule has 18 heavy (non-hydrogen) atoms. The van der Waals surface area contributed by atoms with Crippen molar-refractivity contribution in [3.8, 4) is 0 Å². The zero-order valence-electron chi connectivity index (χ0n) is 9.61. The second kappa shape index (κ2) is 4.86. The zero-order valence-corrected chi connectivity index (χ0v) is 9.61. The predicted octanol–water partition coefficient (Wildman–Crippen LogP) is 2.92. The normalized spacial score (nSPS) is 15.8. The number of anilines is 1. The van der Waals surface area contributed by atoms with Gasteiger partial charge in [0.2, 0.25) is 0 Å². The van der Waals surface area contributed by atoms with Crippen molar-refractivity contribution in [2.24, 2.45) is 5.73 Å². The summed E-state index contributed by atoms with van der Waals surface area (Å²) < 4.78 is 38.8. The third-order valence-electron chi connectivity index (χ3n) is 2.77. The number of allylic oxidation sites excluding steroid dienone is 2. The highest BCUT2D eigenvalue weighted by Gasteiger charge is 2.35. The molecular formula is C13H13F3N2. The Bertz CT molecular complexity index is 489. The van der Waals surface area contributed by atoms with Gasteiger partial charge in [0.25, 0.3) is 0 Å². The van der Waals surface area contributed by atoms with E-state index in [1.54, 1.807) is 29.2 Å². The van der Waals surface area contributed by atoms with E-state index in [0.29, 0.717) is 12.2 Å². The predicted molar refractivity (Wildman–Crippen MR) is 65.1 cm³/mol. The summed E-state index contributed by atoms with van der Waals surface area (Å²) in [5.41, 5.74) is 5.75. The van der Waals surface area contributed by atoms with Gasteiger partial charge in [-0.3, -0.25) is 0 Å². The molecule has 0 unspecified atom stereocenters. The van der Waals surface area contributed by atoms with Gasteiger partial charge in [0.15, 0.2) is 0 Å². The number of alkyl halides is 3. The van der Waals surface area contributed by atoms with Crippen LogP contribution in [0.3, 0.4) is 0 Å². The molecule has 0 saturated carbocycles. The second-order valence-electron chi connectivity index (χ2n) is 3.92. The van der Waals surface area contributed by atoms with Gasteiger partial charge >= 0.3 is 6.18 Å². The maximum absolute atomic E-state index is 12.9. The number of hydrogen-bond acceptors (Lipinski definition) is 2. The van der Waals surface area contributed by atoms with Crippen LogP contribution in [0.1, 0.15) is 5.56 Å². The highest BCUT2D eigenvalue weighted by atomic mass is 19.4. The van der Waals surface area contributed by atoms with E-state index < -0.39 is 11.7 Å². The molecule has 0 aromatic heterocycles. The van der Waals surface area contributed by atoms with Crippen molar-refractivity contribution < 1.29 is 13.2 Å². The Morgan fingerprint density at radius 3 is 2.61 bits per heavy atom. The number of para-hydroxylation sites is 1. The van der Waals surface area contributed by atoms with Crippen molar-refractivity contribution in [1.29, 1.82) is 0 Å². The number of nitrogens with two attached hydrogens (primary N) is 1. The zero-order chi connectivity index (χ0) is 13.2. The summed E-state index contributed by atoms with van der Waals surface area (Å²) in [7, 11) is 0. The molecule has 0 atom stereocenters. The van der Waals surface area contributed by atoms with Crippen LogP contribution < -0.4 is 10.6 Å². The van der Waals surface area contributed by atoms with Crippen LogP contribution in [0.4, 0.5) is 18.9 Å². The van der Waals surface area contributed by atoms with Crippen molar-refractivity contribution in [2.45, 2.75) is 6.18 Å². The molecule has 0 radical (unpaired) electrons. The Hall–Kier alpha value is -1.75. The first-order valence-corrected chi connectivity index (χ1v) is 5.53. The summed E-state index contributed by atoms with van der Waals surface area (Å²) in [6.45, 7) is 0.604. The van der Waals surface area contributed by atoms with Crippen molar-refractivity contribution in [3.63, 3.8) is 0 Å². The van der Waals surface area contributed by atoms with Crippen molar-refractivity contribution in [3.05, 3.63) is 53.8 Å². The maximum Gasteiger partial charge on any atom is 0.418 e. The molecule has 1 aliphatic heterocycles. The Labute approximate surface area is 103 Å². The van der Waals surface area contributed by atoms with E-state index in [9.17, 15) is 13.2 Å². The molecule has 5 heteroatoms. The van der Waals surface area contributed by atoms with E-state index >= 15 is 0 Å². The number of benzene rings is 1. The lowest BCUT2D eigenvalue weighted by Gasteiger charge is -2.30. The van der Waals surface area contributed by atoms with Gasteiger partial charge < -0.3 is 10.6 Å². The third-order valence-corrected chi connectivity index (χ3v) is 2.77. The van der Waals surface area contributed by atoms with Gasteiger partial charge in [-0.05, 0) is 18.2 Å². The van der Waals surface area contributed by atoms with E-state index in [1.165, 1.54) is 12.1 Å². The van der Waals surface area contributed by atoms with E-state index in [2.05, 4.69) is 0 Å². The van der Waals surface area contributed by atoms with E-state index in [4.69, 9.17) is 5.73 Å². The number of rotatable bonds is 2. The molecule has 0 fully saturated rings. The lowest BCUT2D eigenvalue weighted by molar-refractivity contribution is -0.137. The van der Waals surface area contributed by atoms with E-state index in [0.717, 1.165) is 6.07 Å². The van der Waals surface area contributed by atoms with Gasteiger partial charge in [0.05, 0.1) is 11.3 Å². The molecule has 1 aromatic rings. The number of nitrogens with zero attached hydrogens (tertiary/aromatic N) is 1. The molecular weight excluding hydrogens is 241 g/mol. The van der Waals surface area contributed by atoms with Crippen LogP contribution in [-0.4, -0.2) is 13.1 Å². The maximum atomic E-state index is 12.9. The molecule has 1 heterocycles. The minimum absolute atomic E-state index is 0.144. The van der Waals surface area contributed by atoms with Crippen LogP contribution in [0.25, 0.3) is 0 Å². The average Bonchev–Trinajstić information content (AvgIpc) is 2.37. The summed E-state index contributed by atoms with van der Waals surface area (Å²) in [5.74, 6) is 0. The molecule has 2 N–H and O–H groups in total. The van der Waals surface area contributed by atoms with Crippen LogP contribution in [0.15, 0.2) is 48.2 Å². The average molecular weight is 254 g/mol. The molecule has 1 aliphatic rings. The summed E-state index contributed by atoms with van der Waals surface area (Å²) in [5, 5.41) is 0. The molecule has 1 aromatic carbocycles. The SMILES string of the molecule is NCC1=CC=CCN1c1ccccc1C(F)(F)F. The third kappa shape index (κ3) is 2.41. The Kier molecular flexibility index (Phi) is 3.43. The minimum atomic E-state index is -4.36. The van der Waals surface area contributed by atoms with Gasteiger partial charge in [-0.1, -0.05) is 24.3 Å². The Morgan fingerprint density at radius 2 is 1.94 bits per heavy atom. The molecule has 2 nitrogen and oxygen atoms in total. The fourth-order valence-electron chi connectivity index (χ4n) is 1.93. The van der Waals surface area contributed by atoms with Gasteiger partial charge in [-0.25, -0.2) is 0 Å². The molecule has 96 valence electrons.